The van der Waals surface area contributed by atoms with E-state index in [0.717, 1.165) is 26.2 Å². The van der Waals surface area contributed by atoms with Gasteiger partial charge in [0, 0.05) is 42.9 Å². The van der Waals surface area contributed by atoms with E-state index in [1.54, 1.807) is 0 Å². The molecule has 0 saturated carbocycles. The van der Waals surface area contributed by atoms with Gasteiger partial charge in [-0.1, -0.05) is 42.5 Å². The number of benzene rings is 2. The van der Waals surface area contributed by atoms with Crippen LogP contribution < -0.4 is 15.1 Å². The zero-order valence-corrected chi connectivity index (χ0v) is 23.7. The van der Waals surface area contributed by atoms with Crippen molar-refractivity contribution < 1.29 is 24.4 Å². The number of carbonyl (C=O) groups excluding carboxylic acids is 2. The zero-order chi connectivity index (χ0) is 28.6. The summed E-state index contributed by atoms with van der Waals surface area (Å²) in [5.74, 6) is -2.28. The van der Waals surface area contributed by atoms with E-state index in [0.29, 0.717) is 12.8 Å². The van der Waals surface area contributed by atoms with Gasteiger partial charge in [0.25, 0.3) is 0 Å². The van der Waals surface area contributed by atoms with Gasteiger partial charge in [0.05, 0.1) is 0 Å². The first kappa shape index (κ1) is 31.3. The first-order valence-electron chi connectivity index (χ1n) is 13.9. The van der Waals surface area contributed by atoms with Crippen LogP contribution in [0.2, 0.25) is 0 Å². The molecule has 0 heterocycles. The Morgan fingerprint density at radius 1 is 0.692 bits per heavy atom. The van der Waals surface area contributed by atoms with Gasteiger partial charge >= 0.3 is 0 Å². The Bertz CT molecular complexity index is 1150. The van der Waals surface area contributed by atoms with Gasteiger partial charge in [-0.25, -0.2) is 4.58 Å². The van der Waals surface area contributed by atoms with E-state index < -0.39 is 11.9 Å². The molecular weight excluding hydrogens is 488 g/mol. The van der Waals surface area contributed by atoms with Crippen LogP contribution in [0.4, 0.5) is 5.69 Å². The topological polar surface area (TPSA) is 86.5 Å². The summed E-state index contributed by atoms with van der Waals surface area (Å²) in [4.78, 5) is 21.9. The van der Waals surface area contributed by atoms with Gasteiger partial charge in [-0.15, -0.1) is 0 Å². The predicted octanol–water partition coefficient (Wildman–Crippen LogP) is 4.00. The number of hydrogen-bond donors (Lipinski definition) is 0. The quantitative estimate of drug-likeness (QED) is 0.306. The van der Waals surface area contributed by atoms with Crippen molar-refractivity contribution in [2.45, 2.75) is 53.4 Å². The number of carbonyl (C=O) groups is 2. The molecular formula is C33H41N2O4-. The Balaban J connectivity index is 0.000000455. The summed E-state index contributed by atoms with van der Waals surface area (Å²) in [7, 11) is 0. The van der Waals surface area contributed by atoms with Crippen LogP contribution in [0.1, 0.15) is 64.5 Å². The Morgan fingerprint density at radius 3 is 1.62 bits per heavy atom. The number of carboxylic acid groups (broad SMARTS) is 2. The Hall–Kier alpha value is -3.93. The van der Waals surface area contributed by atoms with Crippen molar-refractivity contribution in [2.75, 3.05) is 31.1 Å². The molecule has 0 aliphatic heterocycles. The van der Waals surface area contributed by atoms with Gasteiger partial charge in [-0.2, -0.15) is 0 Å². The number of carboxylic acids is 2. The molecule has 0 amide bonds. The van der Waals surface area contributed by atoms with E-state index in [1.807, 2.05) is 0 Å². The van der Waals surface area contributed by atoms with E-state index in [9.17, 15) is 19.8 Å². The highest BCUT2D eigenvalue weighted by Gasteiger charge is 2.14. The first-order chi connectivity index (χ1) is 18.8. The molecule has 208 valence electrons. The molecule has 39 heavy (non-hydrogen) atoms. The van der Waals surface area contributed by atoms with Gasteiger partial charge in [0.2, 0.25) is 0 Å². The molecule has 0 fully saturated rings. The summed E-state index contributed by atoms with van der Waals surface area (Å²) in [5.41, 5.74) is 7.60. The lowest BCUT2D eigenvalue weighted by Crippen LogP contribution is -2.23. The Labute approximate surface area is 233 Å². The largest absolute Gasteiger partial charge is 0.550 e. The minimum Gasteiger partial charge on any atom is -0.550 e. The van der Waals surface area contributed by atoms with Crippen molar-refractivity contribution >= 4 is 28.9 Å². The Kier molecular flexibility index (Phi) is 13.5. The normalized spacial score (nSPS) is 12.0. The van der Waals surface area contributed by atoms with Crippen molar-refractivity contribution in [3.05, 3.63) is 95.6 Å². The van der Waals surface area contributed by atoms with Crippen molar-refractivity contribution in [1.29, 1.82) is 0 Å². The lowest BCUT2D eigenvalue weighted by atomic mass is 9.90. The molecule has 0 atom stereocenters. The standard InChI is InChI=1S/C27H33N2.C6H10O4/c1-5-28(6-2)25-18-14-23(15-19-25)27(22-12-10-9-11-13-22)24-16-20-26(21-17-24)29(7-3)8-4;7-5(8)3-1-2-4-6(9)10/h9-21H,5-8H2,1-4H3;1-4H2,(H,7,8)(H,9,10)/q+1;/p-2. The maximum Gasteiger partial charge on any atom is 0.199 e. The van der Waals surface area contributed by atoms with Crippen LogP contribution in [-0.2, 0) is 9.59 Å². The smallest absolute Gasteiger partial charge is 0.199 e. The van der Waals surface area contributed by atoms with E-state index >= 15 is 0 Å². The van der Waals surface area contributed by atoms with Crippen LogP contribution in [0.15, 0.2) is 84.5 Å². The lowest BCUT2D eigenvalue weighted by molar-refractivity contribution is -0.519. The van der Waals surface area contributed by atoms with Crippen molar-refractivity contribution in [3.8, 4) is 0 Å². The van der Waals surface area contributed by atoms with Crippen LogP contribution in [0.25, 0.3) is 5.57 Å². The lowest BCUT2D eigenvalue weighted by Gasteiger charge is -2.22. The van der Waals surface area contributed by atoms with Crippen LogP contribution in [0.3, 0.4) is 0 Å². The van der Waals surface area contributed by atoms with E-state index in [4.69, 9.17) is 0 Å². The molecule has 1 aliphatic carbocycles. The average Bonchev–Trinajstić information content (AvgIpc) is 2.95. The van der Waals surface area contributed by atoms with E-state index in [2.05, 4.69) is 116 Å². The second-order valence-electron chi connectivity index (χ2n) is 9.13. The number of allylic oxidation sites excluding steroid dienone is 5. The minimum absolute atomic E-state index is 0.0761. The van der Waals surface area contributed by atoms with Gasteiger partial charge in [0.15, 0.2) is 5.71 Å². The van der Waals surface area contributed by atoms with E-state index in [-0.39, 0.29) is 12.8 Å². The fourth-order valence-electron chi connectivity index (χ4n) is 4.50. The molecule has 2 aromatic rings. The molecule has 6 heteroatoms. The molecule has 1 aliphatic rings. The number of hydrogen-bond acceptors (Lipinski definition) is 5. The van der Waals surface area contributed by atoms with Crippen LogP contribution in [0, 0.1) is 0 Å². The molecule has 3 rings (SSSR count). The Morgan fingerprint density at radius 2 is 1.18 bits per heavy atom. The summed E-state index contributed by atoms with van der Waals surface area (Å²) in [6, 6.07) is 19.7. The zero-order valence-electron chi connectivity index (χ0n) is 23.7. The van der Waals surface area contributed by atoms with Crippen molar-refractivity contribution in [3.63, 3.8) is 0 Å². The monoisotopic (exact) mass is 529 g/mol. The second kappa shape index (κ2) is 16.8. The van der Waals surface area contributed by atoms with Gasteiger partial charge < -0.3 is 24.7 Å². The summed E-state index contributed by atoms with van der Waals surface area (Å²) >= 11 is 0. The molecule has 0 N–H and O–H groups in total. The maximum absolute atomic E-state index is 9.77. The summed E-state index contributed by atoms with van der Waals surface area (Å²) in [5, 5.41) is 19.5. The highest BCUT2D eigenvalue weighted by Crippen LogP contribution is 2.31. The van der Waals surface area contributed by atoms with Gasteiger partial charge in [0.1, 0.15) is 13.1 Å². The number of aliphatic carboxylic acids is 2. The molecule has 0 spiro atoms. The van der Waals surface area contributed by atoms with Crippen LogP contribution in [0.5, 0.6) is 0 Å². The summed E-state index contributed by atoms with van der Waals surface area (Å²) < 4.78 is 2.38. The number of nitrogens with zero attached hydrogens (tertiary/aromatic N) is 2. The summed E-state index contributed by atoms with van der Waals surface area (Å²) in [6.45, 7) is 12.9. The highest BCUT2D eigenvalue weighted by molar-refractivity contribution is 6.04. The van der Waals surface area contributed by atoms with Crippen LogP contribution >= 0.6 is 0 Å². The molecule has 0 saturated heterocycles. The molecule has 2 aromatic carbocycles. The third kappa shape index (κ3) is 10.0. The fourth-order valence-corrected chi connectivity index (χ4v) is 4.50. The van der Waals surface area contributed by atoms with Crippen LogP contribution in [-0.4, -0.2) is 48.4 Å². The third-order valence-corrected chi connectivity index (χ3v) is 6.64. The van der Waals surface area contributed by atoms with E-state index in [1.165, 1.54) is 33.7 Å². The number of anilines is 1. The maximum atomic E-state index is 9.77. The molecule has 0 unspecified atom stereocenters. The third-order valence-electron chi connectivity index (χ3n) is 6.64. The second-order valence-corrected chi connectivity index (χ2v) is 9.13. The highest BCUT2D eigenvalue weighted by atomic mass is 16.4. The average molecular weight is 530 g/mol. The SMILES string of the molecule is CCN(CC)c1ccc(C(=C2C=CC(=[N+](CC)CC)C=C2)c2ccccc2)cc1.O=C([O-])CCCCC(=O)[O-]. The molecule has 6 nitrogen and oxygen atoms in total. The molecule has 0 bridgehead atoms. The van der Waals surface area contributed by atoms with Crippen molar-refractivity contribution in [2.24, 2.45) is 0 Å². The molecule has 0 radical (unpaired) electrons. The van der Waals surface area contributed by atoms with Crippen molar-refractivity contribution in [1.82, 2.24) is 0 Å². The number of rotatable bonds is 12. The first-order valence-corrected chi connectivity index (χ1v) is 13.9. The predicted molar refractivity (Wildman–Crippen MR) is 156 cm³/mol. The number of unbranched alkanes of at least 4 members (excludes halogenated alkanes) is 1. The van der Waals surface area contributed by atoms with Gasteiger partial charge in [-0.05, 0) is 99.9 Å². The summed E-state index contributed by atoms with van der Waals surface area (Å²) in [6.07, 6.45) is 9.54. The fraction of sp³-hybridized carbons (Fsp3) is 0.364. The minimum atomic E-state index is -1.14. The molecule has 0 aromatic heterocycles. The van der Waals surface area contributed by atoms with Gasteiger partial charge in [-0.3, -0.25) is 0 Å².